The standard InChI is InChI=1S/C26H42O4.C7H8/c1-21(2)15-9-5-7-13-19-29-25(27)23-17-11-12-18-24(23)26(28)30-20-14-8-6-10-16-22(3)4;1-7-5-3-2-4-6-7/h11-12,17-18,21-22H,5-10,13-16,19-20H2,1-4H3;2-6H,1H3. The molecule has 4 heteroatoms. The Morgan fingerprint density at radius 3 is 1.30 bits per heavy atom. The molecule has 0 bridgehead atoms. The maximum absolute atomic E-state index is 12.4. The van der Waals surface area contributed by atoms with Crippen LogP contribution in [-0.4, -0.2) is 25.2 Å². The highest BCUT2D eigenvalue weighted by Gasteiger charge is 2.18. The first kappa shape index (κ1) is 32.4. The molecule has 0 fully saturated rings. The smallest absolute Gasteiger partial charge is 0.339 e. The second-order valence-corrected chi connectivity index (χ2v) is 10.7. The molecule has 37 heavy (non-hydrogen) atoms. The van der Waals surface area contributed by atoms with Crippen LogP contribution in [0.3, 0.4) is 0 Å². The van der Waals surface area contributed by atoms with E-state index in [4.69, 9.17) is 9.47 Å². The zero-order valence-electron chi connectivity index (χ0n) is 24.0. The van der Waals surface area contributed by atoms with Gasteiger partial charge in [-0.05, 0) is 43.7 Å². The van der Waals surface area contributed by atoms with Crippen LogP contribution < -0.4 is 0 Å². The van der Waals surface area contributed by atoms with Crippen LogP contribution in [0.1, 0.15) is 118 Å². The molecule has 0 heterocycles. The summed E-state index contributed by atoms with van der Waals surface area (Å²) in [7, 11) is 0. The van der Waals surface area contributed by atoms with Crippen molar-refractivity contribution >= 4 is 11.9 Å². The van der Waals surface area contributed by atoms with Crippen LogP contribution in [-0.2, 0) is 9.47 Å². The minimum absolute atomic E-state index is 0.291. The molecule has 0 aliphatic heterocycles. The number of esters is 2. The Morgan fingerprint density at radius 1 is 0.568 bits per heavy atom. The zero-order chi connectivity index (χ0) is 27.3. The largest absolute Gasteiger partial charge is 0.462 e. The number of rotatable bonds is 16. The van der Waals surface area contributed by atoms with Crippen LogP contribution >= 0.6 is 0 Å². The lowest BCUT2D eigenvalue weighted by atomic mass is 10.0. The van der Waals surface area contributed by atoms with E-state index in [-0.39, 0.29) is 0 Å². The highest BCUT2D eigenvalue weighted by atomic mass is 16.5. The Bertz CT molecular complexity index is 805. The molecule has 206 valence electrons. The highest BCUT2D eigenvalue weighted by Crippen LogP contribution is 2.15. The molecule has 0 radical (unpaired) electrons. The van der Waals surface area contributed by atoms with Crippen molar-refractivity contribution in [1.82, 2.24) is 0 Å². The number of carbonyl (C=O) groups excluding carboxylic acids is 2. The monoisotopic (exact) mass is 510 g/mol. The molecule has 2 aromatic rings. The third-order valence-corrected chi connectivity index (χ3v) is 6.13. The van der Waals surface area contributed by atoms with Gasteiger partial charge in [-0.2, -0.15) is 0 Å². The maximum atomic E-state index is 12.4. The molecule has 0 saturated carbocycles. The number of hydrogen-bond donors (Lipinski definition) is 0. The van der Waals surface area contributed by atoms with E-state index in [1.165, 1.54) is 31.2 Å². The summed E-state index contributed by atoms with van der Waals surface area (Å²) in [5.41, 5.74) is 1.90. The first-order valence-electron chi connectivity index (χ1n) is 14.3. The fraction of sp³-hybridized carbons (Fsp3) is 0.576. The number of carbonyl (C=O) groups is 2. The topological polar surface area (TPSA) is 52.6 Å². The molecule has 0 aliphatic rings. The summed E-state index contributed by atoms with van der Waals surface area (Å²) in [5, 5.41) is 0. The van der Waals surface area contributed by atoms with Gasteiger partial charge in [0.25, 0.3) is 0 Å². The number of ether oxygens (including phenoxy) is 2. The van der Waals surface area contributed by atoms with E-state index in [0.717, 1.165) is 50.4 Å². The molecule has 2 rings (SSSR count). The van der Waals surface area contributed by atoms with E-state index >= 15 is 0 Å². The van der Waals surface area contributed by atoms with Gasteiger partial charge in [-0.1, -0.05) is 127 Å². The summed E-state index contributed by atoms with van der Waals surface area (Å²) < 4.78 is 10.8. The van der Waals surface area contributed by atoms with Gasteiger partial charge in [-0.25, -0.2) is 9.59 Å². The predicted octanol–water partition coefficient (Wildman–Crippen LogP) is 9.21. The average Bonchev–Trinajstić information content (AvgIpc) is 2.87. The lowest BCUT2D eigenvalue weighted by molar-refractivity contribution is 0.0450. The molecule has 0 unspecified atom stereocenters. The molecule has 0 spiro atoms. The quantitative estimate of drug-likeness (QED) is 0.167. The average molecular weight is 511 g/mol. The summed E-state index contributed by atoms with van der Waals surface area (Å²) in [4.78, 5) is 24.8. The normalized spacial score (nSPS) is 10.7. The third kappa shape index (κ3) is 16.7. The van der Waals surface area contributed by atoms with Gasteiger partial charge in [0.1, 0.15) is 0 Å². The molecular weight excluding hydrogens is 460 g/mol. The van der Waals surface area contributed by atoms with E-state index in [1.54, 1.807) is 24.3 Å². The summed E-state index contributed by atoms with van der Waals surface area (Å²) in [6, 6.07) is 17.0. The van der Waals surface area contributed by atoms with Crippen molar-refractivity contribution < 1.29 is 19.1 Å². The fourth-order valence-electron chi connectivity index (χ4n) is 3.88. The minimum Gasteiger partial charge on any atom is -0.462 e. The number of aryl methyl sites for hydroxylation is 1. The van der Waals surface area contributed by atoms with Gasteiger partial charge < -0.3 is 9.47 Å². The van der Waals surface area contributed by atoms with Gasteiger partial charge in [0.15, 0.2) is 0 Å². The van der Waals surface area contributed by atoms with Crippen molar-refractivity contribution in [2.45, 2.75) is 98.8 Å². The van der Waals surface area contributed by atoms with E-state index in [1.807, 2.05) is 18.2 Å². The van der Waals surface area contributed by atoms with Crippen LogP contribution in [0.2, 0.25) is 0 Å². The van der Waals surface area contributed by atoms with Gasteiger partial charge in [0.2, 0.25) is 0 Å². The van der Waals surface area contributed by atoms with Crippen LogP contribution in [0, 0.1) is 18.8 Å². The van der Waals surface area contributed by atoms with E-state index < -0.39 is 11.9 Å². The molecule has 0 aliphatic carbocycles. The lowest BCUT2D eigenvalue weighted by Crippen LogP contribution is -2.15. The molecule has 0 N–H and O–H groups in total. The summed E-state index contributed by atoms with van der Waals surface area (Å²) in [6.07, 6.45) is 11.1. The summed E-state index contributed by atoms with van der Waals surface area (Å²) >= 11 is 0. The third-order valence-electron chi connectivity index (χ3n) is 6.13. The maximum Gasteiger partial charge on any atom is 0.339 e. The number of unbranched alkanes of at least 4 members (excludes halogenated alkanes) is 6. The minimum atomic E-state index is -0.446. The Kier molecular flexibility index (Phi) is 17.9. The van der Waals surface area contributed by atoms with Crippen LogP contribution in [0.25, 0.3) is 0 Å². The molecule has 0 amide bonds. The molecule has 4 nitrogen and oxygen atoms in total. The number of hydrogen-bond acceptors (Lipinski definition) is 4. The second-order valence-electron chi connectivity index (χ2n) is 10.7. The van der Waals surface area contributed by atoms with Crippen molar-refractivity contribution in [3.63, 3.8) is 0 Å². The van der Waals surface area contributed by atoms with Crippen LogP contribution in [0.5, 0.6) is 0 Å². The first-order valence-corrected chi connectivity index (χ1v) is 14.3. The Morgan fingerprint density at radius 2 is 0.946 bits per heavy atom. The van der Waals surface area contributed by atoms with Crippen molar-refractivity contribution in [1.29, 1.82) is 0 Å². The molecular formula is C33H50O4. The van der Waals surface area contributed by atoms with Crippen molar-refractivity contribution in [3.8, 4) is 0 Å². The van der Waals surface area contributed by atoms with Gasteiger partial charge in [-0.15, -0.1) is 0 Å². The van der Waals surface area contributed by atoms with E-state index in [2.05, 4.69) is 46.8 Å². The summed E-state index contributed by atoms with van der Waals surface area (Å²) in [5.74, 6) is 0.588. The van der Waals surface area contributed by atoms with Crippen molar-refractivity contribution in [3.05, 3.63) is 71.3 Å². The molecule has 2 aromatic carbocycles. The number of benzene rings is 2. The Hall–Kier alpha value is -2.62. The van der Waals surface area contributed by atoms with E-state index in [9.17, 15) is 9.59 Å². The van der Waals surface area contributed by atoms with Crippen LogP contribution in [0.15, 0.2) is 54.6 Å². The predicted molar refractivity (Wildman–Crippen MR) is 154 cm³/mol. The van der Waals surface area contributed by atoms with Crippen molar-refractivity contribution in [2.24, 2.45) is 11.8 Å². The zero-order valence-corrected chi connectivity index (χ0v) is 24.0. The molecule has 0 atom stereocenters. The Labute approximate surface area is 226 Å². The lowest BCUT2D eigenvalue weighted by Gasteiger charge is -2.10. The Balaban J connectivity index is 0.000000836. The first-order chi connectivity index (χ1) is 17.8. The van der Waals surface area contributed by atoms with Crippen LogP contribution in [0.4, 0.5) is 0 Å². The van der Waals surface area contributed by atoms with Crippen molar-refractivity contribution in [2.75, 3.05) is 13.2 Å². The summed E-state index contributed by atoms with van der Waals surface area (Å²) in [6.45, 7) is 11.8. The van der Waals surface area contributed by atoms with Gasteiger partial charge in [0, 0.05) is 0 Å². The van der Waals surface area contributed by atoms with Gasteiger partial charge >= 0.3 is 11.9 Å². The van der Waals surface area contributed by atoms with E-state index in [0.29, 0.717) is 24.3 Å². The molecule has 0 saturated heterocycles. The molecule has 0 aromatic heterocycles. The SMILES string of the molecule is CC(C)CCCCCCOC(=O)c1ccccc1C(=O)OCCCCCCC(C)C.Cc1ccccc1. The van der Waals surface area contributed by atoms with Gasteiger partial charge in [-0.3, -0.25) is 0 Å². The highest BCUT2D eigenvalue weighted by molar-refractivity contribution is 6.03. The van der Waals surface area contributed by atoms with Gasteiger partial charge in [0.05, 0.1) is 24.3 Å². The fourth-order valence-corrected chi connectivity index (χ4v) is 3.88. The second kappa shape index (κ2) is 20.4.